The minimum Gasteiger partial charge on any atom is -0.462 e. The zero-order valence-corrected chi connectivity index (χ0v) is 43.1. The minimum atomic E-state index is -5.39. The maximum absolute atomic E-state index is 13.0. The van der Waals surface area contributed by atoms with E-state index in [1.807, 2.05) is 30.4 Å². The summed E-state index contributed by atoms with van der Waals surface area (Å²) in [6.07, 6.45) is 33.8. The van der Waals surface area contributed by atoms with Crippen molar-refractivity contribution in [2.75, 3.05) is 13.2 Å². The summed E-state index contributed by atoms with van der Waals surface area (Å²) in [5.41, 5.74) is 0. The highest BCUT2D eigenvalue weighted by atomic mass is 31.2. The highest BCUT2D eigenvalue weighted by Crippen LogP contribution is 2.49. The molecule has 17 nitrogen and oxygen atoms in total. The summed E-state index contributed by atoms with van der Waals surface area (Å²) in [6, 6.07) is 0. The largest absolute Gasteiger partial charge is 0.472 e. The molecule has 0 heterocycles. The molecule has 9 atom stereocenters. The molecule has 0 aromatic carbocycles. The number of carbonyl (C=O) groups is 2. The highest BCUT2D eigenvalue weighted by Gasteiger charge is 2.54. The molecule has 0 aromatic rings. The van der Waals surface area contributed by atoms with Crippen molar-refractivity contribution in [3.8, 4) is 0 Å². The van der Waals surface area contributed by atoms with Crippen molar-refractivity contribution in [1.29, 1.82) is 0 Å². The normalized spacial score (nSPS) is 22.3. The minimum absolute atomic E-state index is 0.0000916. The fourth-order valence-corrected chi connectivity index (χ4v) is 8.33. The lowest BCUT2D eigenvalue weighted by Gasteiger charge is -2.43. The van der Waals surface area contributed by atoms with E-state index in [0.29, 0.717) is 38.5 Å². The molecule has 1 aliphatic carbocycles. The first-order valence-electron chi connectivity index (χ1n) is 24.9. The van der Waals surface area contributed by atoms with Gasteiger partial charge in [0.05, 0.1) is 12.7 Å². The third kappa shape index (κ3) is 34.3. The van der Waals surface area contributed by atoms with Crippen LogP contribution in [0.15, 0.2) is 97.2 Å². The highest BCUT2D eigenvalue weighted by molar-refractivity contribution is 7.47. The second-order valence-corrected chi connectivity index (χ2v) is 19.6. The van der Waals surface area contributed by atoms with Crippen LogP contribution in [0.3, 0.4) is 0 Å². The van der Waals surface area contributed by atoms with Crippen molar-refractivity contribution >= 4 is 27.6 Å². The van der Waals surface area contributed by atoms with Gasteiger partial charge in [0.2, 0.25) is 0 Å². The molecule has 1 rings (SSSR count). The third-order valence-electron chi connectivity index (χ3n) is 10.7. The van der Waals surface area contributed by atoms with E-state index in [0.717, 1.165) is 51.4 Å². The molecular formula is C51H84O17P2. The summed E-state index contributed by atoms with van der Waals surface area (Å²) in [7, 11) is -10.7. The van der Waals surface area contributed by atoms with E-state index >= 15 is 0 Å². The quantitative estimate of drug-likeness (QED) is 0.00935. The van der Waals surface area contributed by atoms with Crippen LogP contribution in [0.5, 0.6) is 0 Å². The molecule has 5 unspecified atom stereocenters. The number of allylic oxidation sites excluding steroid dienone is 14. The average molecular weight is 1030 g/mol. The molecule has 400 valence electrons. The number of ether oxygens (including phenoxy) is 2. The Labute approximate surface area is 416 Å². The zero-order valence-electron chi connectivity index (χ0n) is 41.3. The molecule has 0 aliphatic heterocycles. The molecule has 0 amide bonds. The molecule has 1 saturated carbocycles. The Bertz CT molecular complexity index is 1730. The smallest absolute Gasteiger partial charge is 0.462 e. The first-order chi connectivity index (χ1) is 33.5. The zero-order chi connectivity index (χ0) is 51.9. The van der Waals surface area contributed by atoms with Gasteiger partial charge in [-0.15, -0.1) is 0 Å². The van der Waals surface area contributed by atoms with Crippen LogP contribution in [-0.2, 0) is 41.8 Å². The molecule has 0 spiro atoms. The molecule has 19 heteroatoms. The molecule has 1 aliphatic rings. The van der Waals surface area contributed by atoms with Crippen LogP contribution in [0.4, 0.5) is 0 Å². The predicted molar refractivity (Wildman–Crippen MR) is 270 cm³/mol. The van der Waals surface area contributed by atoms with E-state index in [4.69, 9.17) is 18.5 Å². The number of hydrogen-bond acceptors (Lipinski definition) is 14. The number of phosphoric acid groups is 2. The van der Waals surface area contributed by atoms with Gasteiger partial charge in [0.25, 0.3) is 0 Å². The first-order valence-corrected chi connectivity index (χ1v) is 27.9. The van der Waals surface area contributed by atoms with Crippen LogP contribution < -0.4 is 0 Å². The number of aliphatic hydroxyl groups is 5. The van der Waals surface area contributed by atoms with E-state index < -0.39 is 89.6 Å². The van der Waals surface area contributed by atoms with E-state index in [2.05, 4.69) is 73.1 Å². The molecule has 0 bridgehead atoms. The van der Waals surface area contributed by atoms with Crippen LogP contribution in [0.1, 0.15) is 149 Å². The average Bonchev–Trinajstić information content (AvgIpc) is 3.31. The van der Waals surface area contributed by atoms with E-state index in [9.17, 15) is 58.9 Å². The summed E-state index contributed by atoms with van der Waals surface area (Å²) in [5.74, 6) is -1.36. The summed E-state index contributed by atoms with van der Waals surface area (Å²) < 4.78 is 49.3. The number of esters is 2. The fraction of sp³-hybridized carbons (Fsp3) is 0.647. The second-order valence-electron chi connectivity index (χ2n) is 17.0. The number of unbranched alkanes of at least 4 members (excludes halogenated alkanes) is 10. The molecule has 70 heavy (non-hydrogen) atoms. The van der Waals surface area contributed by atoms with Gasteiger partial charge in [-0.3, -0.25) is 23.2 Å². The SMILES string of the molecule is CCCCC/C=C\C/C=C\C/C=C\C/C=C\CCCCCC(=O)O[C@H](COC(=O)CCC/C=C\C/C=C\C=C\[C@H](O)C/C=C\CCCCC)COP(=O)(O)O[C@H]1C(O)C(O)C(O)[C@@H](OP(=O)(O)O)C1O. The van der Waals surface area contributed by atoms with Crippen LogP contribution in [0, 0.1) is 0 Å². The fourth-order valence-electron chi connectivity index (χ4n) is 6.79. The topological polar surface area (TPSA) is 276 Å². The van der Waals surface area contributed by atoms with Crippen molar-refractivity contribution < 1.29 is 82.0 Å². The van der Waals surface area contributed by atoms with Crippen molar-refractivity contribution in [3.05, 3.63) is 97.2 Å². The summed E-state index contributed by atoms with van der Waals surface area (Å²) in [5, 5.41) is 51.3. The van der Waals surface area contributed by atoms with E-state index in [-0.39, 0.29) is 12.8 Å². The predicted octanol–water partition coefficient (Wildman–Crippen LogP) is 8.92. The van der Waals surface area contributed by atoms with E-state index in [1.165, 1.54) is 32.1 Å². The Morgan fingerprint density at radius 2 is 1.01 bits per heavy atom. The monoisotopic (exact) mass is 1030 g/mol. The van der Waals surface area contributed by atoms with Crippen LogP contribution in [-0.4, -0.2) is 114 Å². The van der Waals surface area contributed by atoms with Crippen molar-refractivity contribution in [2.45, 2.75) is 198 Å². The maximum atomic E-state index is 13.0. The Kier molecular flexibility index (Phi) is 37.4. The van der Waals surface area contributed by atoms with Gasteiger partial charge in [-0.25, -0.2) is 9.13 Å². The molecule has 0 saturated heterocycles. The molecule has 8 N–H and O–H groups in total. The van der Waals surface area contributed by atoms with E-state index in [1.54, 1.807) is 12.2 Å². The molecular weight excluding hydrogens is 946 g/mol. The molecule has 1 fully saturated rings. The summed E-state index contributed by atoms with van der Waals surface area (Å²) >= 11 is 0. The Hall–Kier alpha value is -3.12. The lowest BCUT2D eigenvalue weighted by molar-refractivity contribution is -0.216. The van der Waals surface area contributed by atoms with Gasteiger partial charge >= 0.3 is 27.6 Å². The lowest BCUT2D eigenvalue weighted by Crippen LogP contribution is -2.64. The summed E-state index contributed by atoms with van der Waals surface area (Å²) in [4.78, 5) is 54.3. The number of hydrogen-bond donors (Lipinski definition) is 8. The Morgan fingerprint density at radius 1 is 0.529 bits per heavy atom. The number of phosphoric ester groups is 2. The number of rotatable bonds is 40. The standard InChI is InChI=1S/C51H84O17P2/c1-3-5-7-9-11-12-13-14-15-16-17-18-19-20-21-22-27-31-35-39-45(54)66-43(41-65-70(62,63)68-51-48(57)46(55)47(56)50(49(51)58)67-69(59,60)61)40-64-44(53)38-34-30-26-24-23-25-29-33-37-42(52)36-32-28-10-8-6-4-2/h11-12,14-15,17-18,20-21,24-26,28-29,32-33,37,42-43,46-52,55-58H,3-10,13,16,19,22-23,27,30-31,34-36,38-41H2,1-2H3,(H,62,63)(H2,59,60,61)/b12-11-,15-14-,18-17-,21-20-,26-24-,29-25-,32-28-,37-33+/t42-,43-,46?,47?,48?,49?,50-,51+/m1/s1. The summed E-state index contributed by atoms with van der Waals surface area (Å²) in [6.45, 7) is 2.90. The Morgan fingerprint density at radius 3 is 1.57 bits per heavy atom. The third-order valence-corrected chi connectivity index (χ3v) is 12.2. The van der Waals surface area contributed by atoms with Crippen LogP contribution in [0.2, 0.25) is 0 Å². The van der Waals surface area contributed by atoms with Crippen molar-refractivity contribution in [2.24, 2.45) is 0 Å². The maximum Gasteiger partial charge on any atom is 0.472 e. The lowest BCUT2D eigenvalue weighted by atomic mass is 9.85. The van der Waals surface area contributed by atoms with Crippen molar-refractivity contribution in [3.63, 3.8) is 0 Å². The van der Waals surface area contributed by atoms with Gasteiger partial charge in [0.15, 0.2) is 6.10 Å². The number of carbonyl (C=O) groups excluding carboxylic acids is 2. The van der Waals surface area contributed by atoms with Crippen LogP contribution >= 0.6 is 15.6 Å². The first kappa shape index (κ1) is 64.9. The van der Waals surface area contributed by atoms with Crippen LogP contribution in [0.25, 0.3) is 0 Å². The van der Waals surface area contributed by atoms with Crippen molar-refractivity contribution in [1.82, 2.24) is 0 Å². The van der Waals surface area contributed by atoms with Gasteiger partial charge < -0.3 is 49.7 Å². The van der Waals surface area contributed by atoms with Gasteiger partial charge in [0, 0.05) is 12.8 Å². The van der Waals surface area contributed by atoms with Gasteiger partial charge in [-0.1, -0.05) is 143 Å². The van der Waals surface area contributed by atoms with Gasteiger partial charge in [-0.2, -0.15) is 0 Å². The number of aliphatic hydroxyl groups excluding tert-OH is 5. The van der Waals surface area contributed by atoms with Gasteiger partial charge in [0.1, 0.15) is 43.2 Å². The Balaban J connectivity index is 2.67. The second kappa shape index (κ2) is 40.4. The van der Waals surface area contributed by atoms with Gasteiger partial charge in [-0.05, 0) is 89.9 Å². The molecule has 0 aromatic heterocycles. The molecule has 0 radical (unpaired) electrons.